The van der Waals surface area contributed by atoms with Crippen LogP contribution in [0.15, 0.2) is 35.7 Å². The van der Waals surface area contributed by atoms with Crippen molar-refractivity contribution in [2.45, 2.75) is 4.90 Å². The lowest BCUT2D eigenvalue weighted by Gasteiger charge is -2.20. The first-order valence-corrected chi connectivity index (χ1v) is 7.39. The fraction of sp³-hybridized carbons (Fsp3) is 0.385. The Morgan fingerprint density at radius 3 is 2.45 bits per heavy atom. The molecule has 0 bridgehead atoms. The second-order valence-corrected chi connectivity index (χ2v) is 5.83. The van der Waals surface area contributed by atoms with Crippen molar-refractivity contribution in [1.82, 2.24) is 4.31 Å². The molecule has 20 heavy (non-hydrogen) atoms. The van der Waals surface area contributed by atoms with E-state index in [1.807, 2.05) is 0 Å². The molecule has 6 nitrogen and oxygen atoms in total. The molecule has 0 atom stereocenters. The van der Waals surface area contributed by atoms with Crippen molar-refractivity contribution in [2.75, 3.05) is 33.9 Å². The van der Waals surface area contributed by atoms with Crippen LogP contribution in [0.1, 0.15) is 0 Å². The molecule has 0 aliphatic carbocycles. The summed E-state index contributed by atoms with van der Waals surface area (Å²) in [5, 5.41) is 8.97. The third-order valence-corrected chi connectivity index (χ3v) is 4.54. The van der Waals surface area contributed by atoms with Crippen LogP contribution < -0.4 is 9.47 Å². The molecule has 0 aromatic heterocycles. The molecular weight excluding hydrogens is 282 g/mol. The zero-order chi connectivity index (χ0) is 15.2. The van der Waals surface area contributed by atoms with Gasteiger partial charge in [-0.05, 0) is 12.1 Å². The van der Waals surface area contributed by atoms with Gasteiger partial charge < -0.3 is 14.6 Å². The molecule has 1 aromatic rings. The number of hydrogen-bond acceptors (Lipinski definition) is 5. The molecule has 0 unspecified atom stereocenters. The Balaban J connectivity index is 3.22. The quantitative estimate of drug-likeness (QED) is 0.721. The van der Waals surface area contributed by atoms with Crippen molar-refractivity contribution < 1.29 is 23.0 Å². The van der Waals surface area contributed by atoms with Crippen LogP contribution in [0.2, 0.25) is 0 Å². The molecule has 0 spiro atoms. The molecule has 0 aliphatic rings. The number of nitrogens with zero attached hydrogens (tertiary/aromatic N) is 1. The number of hydrogen-bond donors (Lipinski definition) is 1. The normalized spacial score (nSPS) is 11.4. The molecule has 0 radical (unpaired) electrons. The number of rotatable bonds is 8. The summed E-state index contributed by atoms with van der Waals surface area (Å²) >= 11 is 0. The molecule has 1 rings (SSSR count). The molecule has 0 fully saturated rings. The molecule has 112 valence electrons. The minimum Gasteiger partial charge on any atom is -0.493 e. The fourth-order valence-electron chi connectivity index (χ4n) is 1.69. The minimum absolute atomic E-state index is 0.00268. The largest absolute Gasteiger partial charge is 0.493 e. The van der Waals surface area contributed by atoms with Crippen LogP contribution in [0.5, 0.6) is 11.5 Å². The lowest BCUT2D eigenvalue weighted by atomic mass is 10.3. The van der Waals surface area contributed by atoms with Gasteiger partial charge in [-0.15, -0.1) is 6.58 Å². The summed E-state index contributed by atoms with van der Waals surface area (Å²) in [7, 11) is -0.808. The second-order valence-electron chi connectivity index (χ2n) is 3.89. The van der Waals surface area contributed by atoms with E-state index in [0.29, 0.717) is 11.5 Å². The van der Waals surface area contributed by atoms with Gasteiger partial charge in [0.25, 0.3) is 0 Å². The maximum Gasteiger partial charge on any atom is 0.243 e. The molecule has 7 heteroatoms. The zero-order valence-corrected chi connectivity index (χ0v) is 12.4. The molecule has 0 aliphatic heterocycles. The van der Waals surface area contributed by atoms with Crippen LogP contribution in [-0.2, 0) is 10.0 Å². The van der Waals surface area contributed by atoms with E-state index in [4.69, 9.17) is 14.6 Å². The van der Waals surface area contributed by atoms with Crippen LogP contribution in [0.3, 0.4) is 0 Å². The SMILES string of the molecule is C=CCN(CCO)S(=O)(=O)c1ccc(OC)c(OC)c1. The maximum absolute atomic E-state index is 12.5. The standard InChI is InChI=1S/C13H19NO5S/c1-4-7-14(8-9-15)20(16,17)11-5-6-12(18-2)13(10-11)19-3/h4-6,10,15H,1,7-9H2,2-3H3. The van der Waals surface area contributed by atoms with E-state index in [2.05, 4.69) is 6.58 Å². The third-order valence-electron chi connectivity index (χ3n) is 2.67. The highest BCUT2D eigenvalue weighted by Crippen LogP contribution is 2.30. The first-order valence-electron chi connectivity index (χ1n) is 5.95. The van der Waals surface area contributed by atoms with Crippen molar-refractivity contribution in [1.29, 1.82) is 0 Å². The van der Waals surface area contributed by atoms with E-state index < -0.39 is 10.0 Å². The Morgan fingerprint density at radius 1 is 1.30 bits per heavy atom. The van der Waals surface area contributed by atoms with Gasteiger partial charge >= 0.3 is 0 Å². The van der Waals surface area contributed by atoms with Gasteiger partial charge in [0.05, 0.1) is 25.7 Å². The average Bonchev–Trinajstić information content (AvgIpc) is 2.46. The summed E-state index contributed by atoms with van der Waals surface area (Å²) in [6.07, 6.45) is 1.47. The van der Waals surface area contributed by atoms with Gasteiger partial charge in [-0.3, -0.25) is 0 Å². The van der Waals surface area contributed by atoms with Gasteiger partial charge in [-0.25, -0.2) is 8.42 Å². The monoisotopic (exact) mass is 301 g/mol. The summed E-state index contributed by atoms with van der Waals surface area (Å²) < 4.78 is 36.2. The van der Waals surface area contributed by atoms with Gasteiger partial charge in [0.15, 0.2) is 11.5 Å². The number of benzene rings is 1. The number of ether oxygens (including phenoxy) is 2. The topological polar surface area (TPSA) is 76.1 Å². The Morgan fingerprint density at radius 2 is 1.95 bits per heavy atom. The van der Waals surface area contributed by atoms with Crippen molar-refractivity contribution in [3.63, 3.8) is 0 Å². The summed E-state index contributed by atoms with van der Waals surface area (Å²) in [5.41, 5.74) is 0. The van der Waals surface area contributed by atoms with Crippen LogP contribution in [-0.4, -0.2) is 51.7 Å². The van der Waals surface area contributed by atoms with Crippen LogP contribution >= 0.6 is 0 Å². The molecule has 1 aromatic carbocycles. The van der Waals surface area contributed by atoms with Crippen LogP contribution in [0.25, 0.3) is 0 Å². The van der Waals surface area contributed by atoms with E-state index in [1.54, 1.807) is 0 Å². The van der Waals surface area contributed by atoms with Crippen molar-refractivity contribution in [3.05, 3.63) is 30.9 Å². The van der Waals surface area contributed by atoms with E-state index >= 15 is 0 Å². The van der Waals surface area contributed by atoms with Crippen LogP contribution in [0.4, 0.5) is 0 Å². The first kappa shape index (κ1) is 16.5. The molecule has 0 saturated carbocycles. The third kappa shape index (κ3) is 3.50. The predicted octanol–water partition coefficient (Wildman–Crippen LogP) is 0.873. The summed E-state index contributed by atoms with van der Waals surface area (Å²) in [5.74, 6) is 0.778. The highest BCUT2D eigenvalue weighted by Gasteiger charge is 2.24. The molecule has 0 amide bonds. The first-order chi connectivity index (χ1) is 9.51. The Bertz CT molecular complexity index is 556. The number of aliphatic hydroxyl groups excluding tert-OH is 1. The van der Waals surface area contributed by atoms with E-state index in [0.717, 1.165) is 4.31 Å². The van der Waals surface area contributed by atoms with E-state index in [1.165, 1.54) is 38.5 Å². The van der Waals surface area contributed by atoms with Gasteiger partial charge in [0, 0.05) is 19.2 Å². The summed E-state index contributed by atoms with van der Waals surface area (Å²) in [6.45, 7) is 3.38. The summed E-state index contributed by atoms with van der Waals surface area (Å²) in [6, 6.07) is 4.35. The highest BCUT2D eigenvalue weighted by molar-refractivity contribution is 7.89. The lowest BCUT2D eigenvalue weighted by molar-refractivity contribution is 0.260. The number of methoxy groups -OCH3 is 2. The van der Waals surface area contributed by atoms with Gasteiger partial charge in [0.1, 0.15) is 0 Å². The van der Waals surface area contributed by atoms with Gasteiger partial charge in [-0.1, -0.05) is 6.08 Å². The smallest absolute Gasteiger partial charge is 0.243 e. The van der Waals surface area contributed by atoms with Gasteiger partial charge in [0.2, 0.25) is 10.0 Å². The Labute approximate surface area is 119 Å². The van der Waals surface area contributed by atoms with Gasteiger partial charge in [-0.2, -0.15) is 4.31 Å². The zero-order valence-electron chi connectivity index (χ0n) is 11.6. The van der Waals surface area contributed by atoms with Crippen molar-refractivity contribution in [2.24, 2.45) is 0 Å². The van der Waals surface area contributed by atoms with E-state index in [-0.39, 0.29) is 24.6 Å². The minimum atomic E-state index is -3.72. The van der Waals surface area contributed by atoms with Crippen molar-refractivity contribution in [3.8, 4) is 11.5 Å². The number of sulfonamides is 1. The molecule has 1 N–H and O–H groups in total. The Kier molecular flexibility index (Phi) is 6.00. The predicted molar refractivity (Wildman–Crippen MR) is 75.6 cm³/mol. The molecule has 0 heterocycles. The molecular formula is C13H19NO5S. The fourth-order valence-corrected chi connectivity index (χ4v) is 3.11. The van der Waals surface area contributed by atoms with E-state index in [9.17, 15) is 8.42 Å². The Hall–Kier alpha value is -1.57. The van der Waals surface area contributed by atoms with Crippen molar-refractivity contribution >= 4 is 10.0 Å². The lowest BCUT2D eigenvalue weighted by Crippen LogP contribution is -2.33. The summed E-state index contributed by atoms with van der Waals surface area (Å²) in [4.78, 5) is 0.0745. The average molecular weight is 301 g/mol. The second kappa shape index (κ2) is 7.28. The maximum atomic E-state index is 12.5. The number of aliphatic hydroxyl groups is 1. The van der Waals surface area contributed by atoms with Crippen LogP contribution in [0, 0.1) is 0 Å². The molecule has 0 saturated heterocycles. The highest BCUT2D eigenvalue weighted by atomic mass is 32.2.